The molecule has 0 radical (unpaired) electrons. The van der Waals surface area contributed by atoms with Crippen LogP contribution in [0.2, 0.25) is 0 Å². The normalized spacial score (nSPS) is 25.4. The lowest BCUT2D eigenvalue weighted by molar-refractivity contribution is 0.148. The van der Waals surface area contributed by atoms with E-state index < -0.39 is 0 Å². The number of nitrogens with zero attached hydrogens (tertiary/aromatic N) is 5. The van der Waals surface area contributed by atoms with E-state index in [1.54, 1.807) is 11.3 Å². The maximum absolute atomic E-state index is 4.68. The van der Waals surface area contributed by atoms with Crippen molar-refractivity contribution in [2.75, 3.05) is 24.5 Å². The van der Waals surface area contributed by atoms with Gasteiger partial charge in [-0.3, -0.25) is 9.88 Å². The second-order valence-electron chi connectivity index (χ2n) is 6.41. The van der Waals surface area contributed by atoms with Gasteiger partial charge in [-0.15, -0.1) is 10.2 Å². The third kappa shape index (κ3) is 2.50. The molecule has 2 saturated heterocycles. The number of aryl methyl sites for hydroxylation is 1. The van der Waals surface area contributed by atoms with Crippen LogP contribution in [0.1, 0.15) is 30.7 Å². The van der Waals surface area contributed by atoms with Crippen molar-refractivity contribution in [2.45, 2.75) is 38.3 Å². The van der Waals surface area contributed by atoms with Gasteiger partial charge in [0, 0.05) is 30.9 Å². The van der Waals surface area contributed by atoms with Gasteiger partial charge in [0.25, 0.3) is 0 Å². The van der Waals surface area contributed by atoms with E-state index in [9.17, 15) is 0 Å². The molecule has 6 heteroatoms. The van der Waals surface area contributed by atoms with Gasteiger partial charge in [0.2, 0.25) is 5.13 Å². The smallest absolute Gasteiger partial charge is 0.208 e. The molecule has 116 valence electrons. The molecule has 2 aliphatic rings. The van der Waals surface area contributed by atoms with Crippen molar-refractivity contribution in [2.24, 2.45) is 0 Å². The highest BCUT2D eigenvalue weighted by Crippen LogP contribution is 2.40. The van der Waals surface area contributed by atoms with Crippen molar-refractivity contribution < 1.29 is 0 Å². The van der Waals surface area contributed by atoms with Crippen molar-refractivity contribution in [3.63, 3.8) is 0 Å². The summed E-state index contributed by atoms with van der Waals surface area (Å²) in [6.45, 7) is 6.38. The first-order valence-electron chi connectivity index (χ1n) is 7.94. The zero-order chi connectivity index (χ0) is 15.0. The molecule has 1 atom stereocenters. The quantitative estimate of drug-likeness (QED) is 0.871. The molecule has 0 saturated carbocycles. The summed E-state index contributed by atoms with van der Waals surface area (Å²) < 4.78 is 0. The van der Waals surface area contributed by atoms with Crippen LogP contribution in [0.25, 0.3) is 0 Å². The lowest BCUT2D eigenvalue weighted by atomic mass is 9.95. The highest BCUT2D eigenvalue weighted by atomic mass is 32.1. The minimum absolute atomic E-state index is 0.303. The molecule has 2 fully saturated rings. The summed E-state index contributed by atoms with van der Waals surface area (Å²) in [6.07, 6.45) is 3.79. The molecular formula is C16H21N5S. The predicted octanol–water partition coefficient (Wildman–Crippen LogP) is 2.49. The Morgan fingerprint density at radius 3 is 3.05 bits per heavy atom. The molecular weight excluding hydrogens is 294 g/mol. The second kappa shape index (κ2) is 5.59. The predicted molar refractivity (Wildman–Crippen MR) is 88.1 cm³/mol. The molecule has 0 bridgehead atoms. The van der Waals surface area contributed by atoms with Crippen molar-refractivity contribution in [1.29, 1.82) is 0 Å². The van der Waals surface area contributed by atoms with Crippen molar-refractivity contribution in [1.82, 2.24) is 20.1 Å². The van der Waals surface area contributed by atoms with Crippen LogP contribution in [0.3, 0.4) is 0 Å². The molecule has 4 rings (SSSR count). The summed E-state index contributed by atoms with van der Waals surface area (Å²) in [5, 5.41) is 9.29. The van der Waals surface area contributed by atoms with Gasteiger partial charge in [0.05, 0.1) is 5.69 Å². The van der Waals surface area contributed by atoms with Gasteiger partial charge in [-0.2, -0.15) is 0 Å². The molecule has 0 amide bonds. The van der Waals surface area contributed by atoms with Gasteiger partial charge in [-0.05, 0) is 44.9 Å². The lowest BCUT2D eigenvalue weighted by Crippen LogP contribution is -2.45. The maximum Gasteiger partial charge on any atom is 0.208 e. The van der Waals surface area contributed by atoms with E-state index in [0.717, 1.165) is 30.5 Å². The SMILES string of the molecule is Cc1cccc(CN2CCC[C@@]23CCN(c2nncs2)C3)n1. The first kappa shape index (κ1) is 14.1. The Kier molecular flexibility index (Phi) is 3.58. The van der Waals surface area contributed by atoms with Crippen LogP contribution in [0, 0.1) is 6.92 Å². The van der Waals surface area contributed by atoms with E-state index in [2.05, 4.69) is 50.1 Å². The molecule has 0 unspecified atom stereocenters. The fourth-order valence-electron chi connectivity index (χ4n) is 3.91. The zero-order valence-corrected chi connectivity index (χ0v) is 13.7. The molecule has 4 heterocycles. The van der Waals surface area contributed by atoms with Gasteiger partial charge in [-0.25, -0.2) is 0 Å². The van der Waals surface area contributed by atoms with Crippen LogP contribution < -0.4 is 4.90 Å². The Bertz CT molecular complexity index is 644. The number of hydrogen-bond acceptors (Lipinski definition) is 6. The van der Waals surface area contributed by atoms with E-state index in [1.165, 1.54) is 31.5 Å². The van der Waals surface area contributed by atoms with E-state index in [1.807, 2.05) is 5.51 Å². The zero-order valence-electron chi connectivity index (χ0n) is 12.9. The fraction of sp³-hybridized carbons (Fsp3) is 0.562. The Hall–Kier alpha value is -1.53. The molecule has 0 N–H and O–H groups in total. The van der Waals surface area contributed by atoms with Crippen LogP contribution in [-0.4, -0.2) is 45.3 Å². The molecule has 1 spiro atoms. The number of aromatic nitrogens is 3. The molecule has 5 nitrogen and oxygen atoms in total. The summed E-state index contributed by atoms with van der Waals surface area (Å²) in [5.41, 5.74) is 4.42. The number of rotatable bonds is 3. The van der Waals surface area contributed by atoms with Crippen LogP contribution in [0.4, 0.5) is 5.13 Å². The highest BCUT2D eigenvalue weighted by molar-refractivity contribution is 7.13. The first-order chi connectivity index (χ1) is 10.8. The Morgan fingerprint density at radius 1 is 1.27 bits per heavy atom. The third-order valence-electron chi connectivity index (χ3n) is 4.99. The molecule has 0 aliphatic carbocycles. The monoisotopic (exact) mass is 315 g/mol. The Balaban J connectivity index is 1.51. The summed E-state index contributed by atoms with van der Waals surface area (Å²) in [5.74, 6) is 0. The average molecular weight is 315 g/mol. The summed E-state index contributed by atoms with van der Waals surface area (Å²) in [6, 6.07) is 6.33. The Morgan fingerprint density at radius 2 is 2.23 bits per heavy atom. The van der Waals surface area contributed by atoms with Gasteiger partial charge < -0.3 is 4.90 Å². The van der Waals surface area contributed by atoms with Crippen LogP contribution >= 0.6 is 11.3 Å². The van der Waals surface area contributed by atoms with Gasteiger partial charge in [0.15, 0.2) is 0 Å². The number of hydrogen-bond donors (Lipinski definition) is 0. The number of anilines is 1. The average Bonchev–Trinajstić information content (AvgIpc) is 3.23. The van der Waals surface area contributed by atoms with E-state index in [0.29, 0.717) is 5.54 Å². The lowest BCUT2D eigenvalue weighted by Gasteiger charge is -2.34. The number of likely N-dealkylation sites (tertiary alicyclic amines) is 1. The summed E-state index contributed by atoms with van der Waals surface area (Å²) >= 11 is 1.64. The topological polar surface area (TPSA) is 45.2 Å². The van der Waals surface area contributed by atoms with Crippen LogP contribution in [0.5, 0.6) is 0 Å². The molecule has 0 aromatic carbocycles. The molecule has 2 aromatic heterocycles. The third-order valence-corrected chi connectivity index (χ3v) is 5.74. The molecule has 2 aromatic rings. The molecule has 22 heavy (non-hydrogen) atoms. The molecule has 2 aliphatic heterocycles. The van der Waals surface area contributed by atoms with Gasteiger partial charge in [0.1, 0.15) is 5.51 Å². The minimum atomic E-state index is 0.303. The second-order valence-corrected chi connectivity index (χ2v) is 7.22. The fourth-order valence-corrected chi connectivity index (χ4v) is 4.50. The van der Waals surface area contributed by atoms with E-state index in [4.69, 9.17) is 0 Å². The van der Waals surface area contributed by atoms with Crippen molar-refractivity contribution in [3.8, 4) is 0 Å². The van der Waals surface area contributed by atoms with E-state index >= 15 is 0 Å². The van der Waals surface area contributed by atoms with Crippen molar-refractivity contribution in [3.05, 3.63) is 35.1 Å². The Labute approximate surface area is 135 Å². The van der Waals surface area contributed by atoms with Crippen LogP contribution in [0.15, 0.2) is 23.7 Å². The first-order valence-corrected chi connectivity index (χ1v) is 8.82. The van der Waals surface area contributed by atoms with Crippen LogP contribution in [-0.2, 0) is 6.54 Å². The maximum atomic E-state index is 4.68. The highest BCUT2D eigenvalue weighted by Gasteiger charge is 2.46. The standard InChI is InChI=1S/C16H21N5S/c1-13-4-2-5-14(18-13)10-21-8-3-6-16(21)7-9-20(11-16)15-19-17-12-22-15/h2,4-5,12H,3,6-11H2,1H3/t16-/m0/s1. The van der Waals surface area contributed by atoms with Gasteiger partial charge >= 0.3 is 0 Å². The van der Waals surface area contributed by atoms with E-state index in [-0.39, 0.29) is 0 Å². The minimum Gasteiger partial charge on any atom is -0.345 e. The summed E-state index contributed by atoms with van der Waals surface area (Å²) in [7, 11) is 0. The van der Waals surface area contributed by atoms with Gasteiger partial charge in [-0.1, -0.05) is 17.4 Å². The number of pyridine rings is 1. The summed E-state index contributed by atoms with van der Waals surface area (Å²) in [4.78, 5) is 9.74. The largest absolute Gasteiger partial charge is 0.345 e. The van der Waals surface area contributed by atoms with Crippen molar-refractivity contribution >= 4 is 16.5 Å².